The normalized spacial score (nSPS) is 12.1. The SMILES string of the molecule is CCCCCCCCSc1ccc2[nH]c3c(ccc4c3ccc3c5cc(SCCCCCCCC)ccc5sc34)c2c1. The molecule has 2 aromatic heterocycles. The first kappa shape index (κ1) is 29.9. The summed E-state index contributed by atoms with van der Waals surface area (Å²) in [6.45, 7) is 4.58. The van der Waals surface area contributed by atoms with Crippen LogP contribution in [0.15, 0.2) is 70.5 Å². The second kappa shape index (κ2) is 14.6. The van der Waals surface area contributed by atoms with E-state index in [0.717, 1.165) is 0 Å². The average Bonchev–Trinajstić information content (AvgIpc) is 3.58. The highest BCUT2D eigenvalue weighted by molar-refractivity contribution is 7.99. The lowest BCUT2D eigenvalue weighted by Crippen LogP contribution is -1.82. The first-order valence-corrected chi connectivity index (χ1v) is 19.1. The quantitative estimate of drug-likeness (QED) is 0.0865. The highest BCUT2D eigenvalue weighted by Crippen LogP contribution is 2.42. The molecule has 4 aromatic carbocycles. The summed E-state index contributed by atoms with van der Waals surface area (Å²) in [7, 11) is 0. The molecule has 0 bridgehead atoms. The zero-order valence-corrected chi connectivity index (χ0v) is 27.8. The maximum absolute atomic E-state index is 3.79. The minimum Gasteiger partial charge on any atom is -0.354 e. The first-order valence-electron chi connectivity index (χ1n) is 16.4. The van der Waals surface area contributed by atoms with Crippen molar-refractivity contribution in [1.82, 2.24) is 4.98 Å². The van der Waals surface area contributed by atoms with Gasteiger partial charge in [0, 0.05) is 57.0 Å². The molecule has 0 saturated heterocycles. The molecule has 0 radical (unpaired) electrons. The topological polar surface area (TPSA) is 15.8 Å². The summed E-state index contributed by atoms with van der Waals surface area (Å²) in [4.78, 5) is 6.59. The van der Waals surface area contributed by atoms with Gasteiger partial charge < -0.3 is 4.98 Å². The minimum absolute atomic E-state index is 1.21. The fourth-order valence-electron chi connectivity index (χ4n) is 6.29. The van der Waals surface area contributed by atoms with Crippen molar-refractivity contribution in [2.75, 3.05) is 11.5 Å². The van der Waals surface area contributed by atoms with Crippen molar-refractivity contribution in [1.29, 1.82) is 0 Å². The summed E-state index contributed by atoms with van der Waals surface area (Å²) in [6, 6.07) is 23.5. The lowest BCUT2D eigenvalue weighted by atomic mass is 10.0. The number of aromatic amines is 1. The predicted octanol–water partition coefficient (Wildman–Crippen LogP) is 13.7. The van der Waals surface area contributed by atoms with Crippen LogP contribution in [0.2, 0.25) is 0 Å². The number of rotatable bonds is 16. The van der Waals surface area contributed by atoms with E-state index in [1.165, 1.54) is 151 Å². The summed E-state index contributed by atoms with van der Waals surface area (Å²) in [6.07, 6.45) is 16.3. The van der Waals surface area contributed by atoms with Gasteiger partial charge in [0.15, 0.2) is 0 Å². The maximum Gasteiger partial charge on any atom is 0.0545 e. The van der Waals surface area contributed by atoms with E-state index in [1.807, 2.05) is 34.9 Å². The number of hydrogen-bond acceptors (Lipinski definition) is 3. The zero-order valence-electron chi connectivity index (χ0n) is 25.4. The van der Waals surface area contributed by atoms with Gasteiger partial charge in [-0.2, -0.15) is 0 Å². The molecule has 0 spiro atoms. The average molecular weight is 612 g/mol. The van der Waals surface area contributed by atoms with Crippen LogP contribution < -0.4 is 0 Å². The van der Waals surface area contributed by atoms with E-state index < -0.39 is 0 Å². The van der Waals surface area contributed by atoms with Crippen molar-refractivity contribution in [3.05, 3.63) is 60.7 Å². The monoisotopic (exact) mass is 611 g/mol. The van der Waals surface area contributed by atoms with E-state index >= 15 is 0 Å². The van der Waals surface area contributed by atoms with E-state index in [1.54, 1.807) is 0 Å². The van der Waals surface area contributed by atoms with E-state index in [9.17, 15) is 0 Å². The van der Waals surface area contributed by atoms with Gasteiger partial charge in [0.1, 0.15) is 0 Å². The van der Waals surface area contributed by atoms with Crippen molar-refractivity contribution < 1.29 is 0 Å². The molecule has 0 amide bonds. The van der Waals surface area contributed by atoms with Crippen LogP contribution in [-0.2, 0) is 0 Å². The van der Waals surface area contributed by atoms with Gasteiger partial charge in [0.05, 0.1) is 5.52 Å². The fraction of sp³-hybridized carbons (Fsp3) is 0.421. The maximum atomic E-state index is 3.79. The van der Waals surface area contributed by atoms with Crippen LogP contribution in [0, 0.1) is 0 Å². The van der Waals surface area contributed by atoms with Gasteiger partial charge in [-0.05, 0) is 60.7 Å². The number of hydrogen-bond donors (Lipinski definition) is 1. The van der Waals surface area contributed by atoms with Crippen LogP contribution in [0.25, 0.3) is 52.8 Å². The molecule has 2 heterocycles. The van der Waals surface area contributed by atoms with Gasteiger partial charge >= 0.3 is 0 Å². The van der Waals surface area contributed by atoms with Crippen molar-refractivity contribution in [3.63, 3.8) is 0 Å². The fourth-order valence-corrected chi connectivity index (χ4v) is 9.40. The third-order valence-corrected chi connectivity index (χ3v) is 12.1. The molecule has 4 heteroatoms. The van der Waals surface area contributed by atoms with Crippen LogP contribution >= 0.6 is 34.9 Å². The van der Waals surface area contributed by atoms with Gasteiger partial charge in [0.25, 0.3) is 0 Å². The van der Waals surface area contributed by atoms with E-state index in [-0.39, 0.29) is 0 Å². The van der Waals surface area contributed by atoms with Crippen molar-refractivity contribution >= 4 is 87.6 Å². The second-order valence-electron chi connectivity index (χ2n) is 11.9. The summed E-state index contributed by atoms with van der Waals surface area (Å²) >= 11 is 5.99. The predicted molar refractivity (Wildman–Crippen MR) is 194 cm³/mol. The van der Waals surface area contributed by atoms with Crippen LogP contribution in [0.4, 0.5) is 0 Å². The van der Waals surface area contributed by atoms with Crippen LogP contribution in [0.1, 0.15) is 90.9 Å². The Balaban J connectivity index is 1.21. The number of thiophene rings is 1. The molecule has 0 atom stereocenters. The molecule has 0 aliphatic rings. The Kier molecular flexibility index (Phi) is 10.4. The molecular formula is C38H45NS3. The molecule has 0 fully saturated rings. The van der Waals surface area contributed by atoms with E-state index in [4.69, 9.17) is 0 Å². The van der Waals surface area contributed by atoms with Crippen LogP contribution in [0.3, 0.4) is 0 Å². The molecule has 0 aliphatic heterocycles. The number of fused-ring (bicyclic) bond motifs is 9. The van der Waals surface area contributed by atoms with E-state index in [0.29, 0.717) is 0 Å². The Bertz CT molecular complexity index is 1640. The highest BCUT2D eigenvalue weighted by Gasteiger charge is 2.14. The number of nitrogens with one attached hydrogen (secondary N) is 1. The van der Waals surface area contributed by atoms with E-state index in [2.05, 4.69) is 79.5 Å². The van der Waals surface area contributed by atoms with Gasteiger partial charge in [-0.25, -0.2) is 0 Å². The molecular weight excluding hydrogens is 567 g/mol. The number of aromatic nitrogens is 1. The molecule has 6 rings (SSSR count). The van der Waals surface area contributed by atoms with Gasteiger partial charge in [-0.3, -0.25) is 0 Å². The first-order chi connectivity index (χ1) is 20.8. The largest absolute Gasteiger partial charge is 0.354 e. The number of benzene rings is 4. The minimum atomic E-state index is 1.21. The van der Waals surface area contributed by atoms with Crippen LogP contribution in [0.5, 0.6) is 0 Å². The van der Waals surface area contributed by atoms with Crippen molar-refractivity contribution in [2.24, 2.45) is 0 Å². The number of unbranched alkanes of at least 4 members (excludes halogenated alkanes) is 10. The molecule has 1 N–H and O–H groups in total. The van der Waals surface area contributed by atoms with Crippen LogP contribution in [-0.4, -0.2) is 16.5 Å². The molecule has 0 aliphatic carbocycles. The third kappa shape index (κ3) is 6.66. The Labute approximate surface area is 264 Å². The van der Waals surface area contributed by atoms with Crippen molar-refractivity contribution in [2.45, 2.75) is 101 Å². The Morgan fingerprint density at radius 2 is 1.05 bits per heavy atom. The van der Waals surface area contributed by atoms with Crippen molar-refractivity contribution in [3.8, 4) is 0 Å². The molecule has 6 aromatic rings. The highest BCUT2D eigenvalue weighted by atomic mass is 32.2. The summed E-state index contributed by atoms with van der Waals surface area (Å²) in [5, 5.41) is 8.20. The third-order valence-electron chi connectivity index (χ3n) is 8.68. The Morgan fingerprint density at radius 3 is 1.71 bits per heavy atom. The van der Waals surface area contributed by atoms with Gasteiger partial charge in [0.2, 0.25) is 0 Å². The second-order valence-corrected chi connectivity index (χ2v) is 15.2. The summed E-state index contributed by atoms with van der Waals surface area (Å²) in [5.74, 6) is 2.44. The smallest absolute Gasteiger partial charge is 0.0545 e. The number of H-pyrrole nitrogens is 1. The molecule has 220 valence electrons. The standard InChI is InChI=1S/C38H45NS3/c1-3-5-7-9-11-13-23-40-27-15-21-35-33(25-27)30-18-19-31-29(37(30)39-35)17-20-32-34-26-28(16-22-36(34)42-38(31)32)41-24-14-12-10-8-6-4-2/h15-22,25-26,39H,3-14,23-24H2,1-2H3. The molecule has 0 saturated carbocycles. The molecule has 1 nitrogen and oxygen atoms in total. The zero-order chi connectivity index (χ0) is 28.7. The molecule has 42 heavy (non-hydrogen) atoms. The molecule has 0 unspecified atom stereocenters. The summed E-state index contributed by atoms with van der Waals surface area (Å²) in [5.41, 5.74) is 2.51. The Morgan fingerprint density at radius 1 is 0.524 bits per heavy atom. The lowest BCUT2D eigenvalue weighted by Gasteiger charge is -2.04. The van der Waals surface area contributed by atoms with Gasteiger partial charge in [-0.1, -0.05) is 102 Å². The Hall–Kier alpha value is -2.14. The summed E-state index contributed by atoms with van der Waals surface area (Å²) < 4.78 is 2.81. The van der Waals surface area contributed by atoms with Gasteiger partial charge in [-0.15, -0.1) is 34.9 Å². The lowest BCUT2D eigenvalue weighted by molar-refractivity contribution is 0.627. The number of thioether (sulfide) groups is 2.